The average Bonchev–Trinajstić information content (AvgIpc) is 2.72. The summed E-state index contributed by atoms with van der Waals surface area (Å²) in [5.41, 5.74) is 1.27. The van der Waals surface area contributed by atoms with Gasteiger partial charge >= 0.3 is 5.97 Å². The highest BCUT2D eigenvalue weighted by Gasteiger charge is 2.27. The molecule has 0 radical (unpaired) electrons. The second-order valence-corrected chi connectivity index (χ2v) is 7.97. The highest BCUT2D eigenvalue weighted by atomic mass is 16.5. The van der Waals surface area contributed by atoms with Gasteiger partial charge in [0, 0.05) is 12.1 Å². The Balaban J connectivity index is 1.68. The van der Waals surface area contributed by atoms with Gasteiger partial charge in [-0.05, 0) is 38.5 Å². The van der Waals surface area contributed by atoms with Crippen molar-refractivity contribution in [2.24, 2.45) is 0 Å². The lowest BCUT2D eigenvalue weighted by atomic mass is 10.0. The molecule has 0 atom stereocenters. The van der Waals surface area contributed by atoms with Crippen molar-refractivity contribution < 1.29 is 14.3 Å². The van der Waals surface area contributed by atoms with Crippen LogP contribution in [-0.2, 0) is 27.4 Å². The van der Waals surface area contributed by atoms with Gasteiger partial charge in [0.15, 0.2) is 6.61 Å². The number of carbonyl (C=O) groups excluding carboxylic acids is 2. The topological polar surface area (TPSA) is 81.5 Å². The van der Waals surface area contributed by atoms with E-state index in [1.165, 1.54) is 10.8 Å². The van der Waals surface area contributed by atoms with Crippen molar-refractivity contribution in [2.75, 3.05) is 6.61 Å². The van der Waals surface area contributed by atoms with E-state index in [-0.39, 0.29) is 19.1 Å². The van der Waals surface area contributed by atoms with Gasteiger partial charge in [-0.3, -0.25) is 19.0 Å². The zero-order valence-electron chi connectivity index (χ0n) is 17.4. The minimum Gasteiger partial charge on any atom is -0.454 e. The Morgan fingerprint density at radius 3 is 2.40 bits per heavy atom. The SMILES string of the molecule is CC(C)(C)N(Cc1ccccc1)C(=O)COC(=O)Cn1c(=O)cnc2ccccc21. The van der Waals surface area contributed by atoms with Gasteiger partial charge in [0.25, 0.3) is 11.5 Å². The van der Waals surface area contributed by atoms with Gasteiger partial charge in [-0.1, -0.05) is 42.5 Å². The van der Waals surface area contributed by atoms with E-state index < -0.39 is 17.1 Å². The van der Waals surface area contributed by atoms with E-state index >= 15 is 0 Å². The average molecular weight is 407 g/mol. The highest BCUT2D eigenvalue weighted by Crippen LogP contribution is 2.18. The van der Waals surface area contributed by atoms with E-state index in [1.54, 1.807) is 29.2 Å². The van der Waals surface area contributed by atoms with Gasteiger partial charge in [0.1, 0.15) is 6.54 Å². The Bertz CT molecular complexity index is 1100. The molecule has 0 unspecified atom stereocenters. The van der Waals surface area contributed by atoms with Crippen LogP contribution in [0.3, 0.4) is 0 Å². The molecule has 156 valence electrons. The van der Waals surface area contributed by atoms with Crippen molar-refractivity contribution in [1.82, 2.24) is 14.5 Å². The van der Waals surface area contributed by atoms with Crippen molar-refractivity contribution >= 4 is 22.9 Å². The number of carbonyl (C=O) groups is 2. The van der Waals surface area contributed by atoms with Gasteiger partial charge in [-0.2, -0.15) is 0 Å². The van der Waals surface area contributed by atoms with E-state index in [0.717, 1.165) is 5.56 Å². The fourth-order valence-electron chi connectivity index (χ4n) is 3.14. The molecule has 3 aromatic rings. The molecular weight excluding hydrogens is 382 g/mol. The molecule has 1 heterocycles. The van der Waals surface area contributed by atoms with Crippen LogP contribution in [0.1, 0.15) is 26.3 Å². The number of fused-ring (bicyclic) bond motifs is 1. The van der Waals surface area contributed by atoms with Gasteiger partial charge in [0.2, 0.25) is 0 Å². The molecule has 7 nitrogen and oxygen atoms in total. The number of esters is 1. The third-order valence-electron chi connectivity index (χ3n) is 4.69. The first-order valence-electron chi connectivity index (χ1n) is 9.70. The van der Waals surface area contributed by atoms with Crippen molar-refractivity contribution in [3.8, 4) is 0 Å². The standard InChI is InChI=1S/C23H25N3O4/c1-23(2,3)26(14-17-9-5-4-6-10-17)21(28)16-30-22(29)15-25-19-12-8-7-11-18(19)24-13-20(25)27/h4-13H,14-16H2,1-3H3. The van der Waals surface area contributed by atoms with Crippen LogP contribution in [0.2, 0.25) is 0 Å². The van der Waals surface area contributed by atoms with Crippen molar-refractivity contribution in [3.63, 3.8) is 0 Å². The van der Waals surface area contributed by atoms with Crippen LogP contribution in [0.15, 0.2) is 65.6 Å². The second kappa shape index (κ2) is 8.90. The Morgan fingerprint density at radius 2 is 1.70 bits per heavy atom. The minimum atomic E-state index is -0.657. The highest BCUT2D eigenvalue weighted by molar-refractivity contribution is 5.82. The third-order valence-corrected chi connectivity index (χ3v) is 4.69. The summed E-state index contributed by atoms with van der Waals surface area (Å²) in [4.78, 5) is 43.1. The maximum absolute atomic E-state index is 12.8. The third kappa shape index (κ3) is 5.11. The molecule has 0 spiro atoms. The first kappa shape index (κ1) is 21.2. The zero-order valence-corrected chi connectivity index (χ0v) is 17.4. The maximum Gasteiger partial charge on any atom is 0.326 e. The molecule has 0 bridgehead atoms. The predicted octanol–water partition coefficient (Wildman–Crippen LogP) is 2.77. The van der Waals surface area contributed by atoms with Crippen LogP contribution >= 0.6 is 0 Å². The molecule has 30 heavy (non-hydrogen) atoms. The fourth-order valence-corrected chi connectivity index (χ4v) is 3.14. The van der Waals surface area contributed by atoms with Crippen LogP contribution in [0, 0.1) is 0 Å². The van der Waals surface area contributed by atoms with Crippen molar-refractivity contribution in [3.05, 3.63) is 76.7 Å². The van der Waals surface area contributed by atoms with Gasteiger partial charge < -0.3 is 9.64 Å². The summed E-state index contributed by atoms with van der Waals surface area (Å²) in [6, 6.07) is 16.7. The molecule has 1 aromatic heterocycles. The number of aromatic nitrogens is 2. The summed E-state index contributed by atoms with van der Waals surface area (Å²) in [5, 5.41) is 0. The summed E-state index contributed by atoms with van der Waals surface area (Å²) in [6.07, 6.45) is 1.17. The molecule has 0 aliphatic heterocycles. The molecule has 0 fully saturated rings. The maximum atomic E-state index is 12.8. The van der Waals surface area contributed by atoms with Crippen molar-refractivity contribution in [1.29, 1.82) is 0 Å². The number of hydrogen-bond acceptors (Lipinski definition) is 5. The summed E-state index contributed by atoms with van der Waals surface area (Å²) in [5.74, 6) is -0.956. The molecule has 0 aliphatic rings. The lowest BCUT2D eigenvalue weighted by molar-refractivity contribution is -0.155. The number of nitrogens with zero attached hydrogens (tertiary/aromatic N) is 3. The number of ether oxygens (including phenoxy) is 1. The van der Waals surface area contributed by atoms with E-state index in [1.807, 2.05) is 51.1 Å². The van der Waals surface area contributed by atoms with E-state index in [2.05, 4.69) is 4.98 Å². The largest absolute Gasteiger partial charge is 0.454 e. The molecule has 1 amide bonds. The second-order valence-electron chi connectivity index (χ2n) is 7.97. The minimum absolute atomic E-state index is 0.288. The van der Waals surface area contributed by atoms with E-state index in [0.29, 0.717) is 17.6 Å². The van der Waals surface area contributed by atoms with Crippen LogP contribution in [-0.4, -0.2) is 38.5 Å². The molecule has 7 heteroatoms. The molecule has 0 saturated carbocycles. The van der Waals surface area contributed by atoms with Gasteiger partial charge in [0.05, 0.1) is 17.2 Å². The zero-order chi connectivity index (χ0) is 21.7. The summed E-state index contributed by atoms with van der Waals surface area (Å²) < 4.78 is 6.51. The summed E-state index contributed by atoms with van der Waals surface area (Å²) in [6.45, 7) is 5.52. The molecular formula is C23H25N3O4. The van der Waals surface area contributed by atoms with E-state index in [9.17, 15) is 14.4 Å². The Morgan fingerprint density at radius 1 is 1.03 bits per heavy atom. The van der Waals surface area contributed by atoms with Gasteiger partial charge in [-0.15, -0.1) is 0 Å². The van der Waals surface area contributed by atoms with Crippen LogP contribution in [0.5, 0.6) is 0 Å². The quantitative estimate of drug-likeness (QED) is 0.587. The molecule has 3 rings (SSSR count). The van der Waals surface area contributed by atoms with Crippen LogP contribution in [0.25, 0.3) is 11.0 Å². The Labute approximate surface area is 174 Å². The number of amides is 1. The number of hydrogen-bond donors (Lipinski definition) is 0. The summed E-state index contributed by atoms with van der Waals surface area (Å²) in [7, 11) is 0. The predicted molar refractivity (Wildman–Crippen MR) is 114 cm³/mol. The van der Waals surface area contributed by atoms with Crippen LogP contribution < -0.4 is 5.56 Å². The van der Waals surface area contributed by atoms with Crippen LogP contribution in [0.4, 0.5) is 0 Å². The number of para-hydroxylation sites is 2. The molecule has 0 N–H and O–H groups in total. The fraction of sp³-hybridized carbons (Fsp3) is 0.304. The lowest BCUT2D eigenvalue weighted by Crippen LogP contribution is -2.47. The number of rotatable bonds is 6. The van der Waals surface area contributed by atoms with Crippen molar-refractivity contribution in [2.45, 2.75) is 39.4 Å². The molecule has 0 saturated heterocycles. The Kier molecular flexibility index (Phi) is 6.30. The monoisotopic (exact) mass is 407 g/mol. The Hall–Kier alpha value is -3.48. The van der Waals surface area contributed by atoms with E-state index in [4.69, 9.17) is 4.74 Å². The first-order valence-corrected chi connectivity index (χ1v) is 9.70. The lowest BCUT2D eigenvalue weighted by Gasteiger charge is -2.35. The smallest absolute Gasteiger partial charge is 0.326 e. The van der Waals surface area contributed by atoms with Gasteiger partial charge in [-0.25, -0.2) is 4.98 Å². The summed E-state index contributed by atoms with van der Waals surface area (Å²) >= 11 is 0. The number of benzene rings is 2. The normalized spacial score (nSPS) is 11.3. The molecule has 0 aliphatic carbocycles. The first-order chi connectivity index (χ1) is 14.3. The molecule has 2 aromatic carbocycles.